The minimum absolute atomic E-state index is 0.353. The Kier molecular flexibility index (Phi) is 4.65. The predicted octanol–water partition coefficient (Wildman–Crippen LogP) is 1.24. The highest BCUT2D eigenvalue weighted by Crippen LogP contribution is 2.24. The molecule has 0 aromatic heterocycles. The lowest BCUT2D eigenvalue weighted by Crippen LogP contribution is -2.34. The van der Waals surface area contributed by atoms with Gasteiger partial charge < -0.3 is 14.9 Å². The second-order valence-corrected chi connectivity index (χ2v) is 2.69. The molecule has 3 heteroatoms. The molecule has 0 amide bonds. The Morgan fingerprint density at radius 1 is 1.09 bits per heavy atom. The fraction of sp³-hybridized carbons (Fsp3) is 1.00. The number of hydrogen-bond donors (Lipinski definition) is 2. The van der Waals surface area contributed by atoms with Crippen LogP contribution in [-0.2, 0) is 4.74 Å². The maximum absolute atomic E-state index is 8.61. The van der Waals surface area contributed by atoms with Crippen LogP contribution in [0.1, 0.15) is 40.0 Å². The zero-order valence-corrected chi connectivity index (χ0v) is 7.50. The van der Waals surface area contributed by atoms with Crippen LogP contribution in [-0.4, -0.2) is 22.3 Å². The van der Waals surface area contributed by atoms with Crippen LogP contribution in [0.2, 0.25) is 0 Å². The third-order valence-electron chi connectivity index (χ3n) is 2.29. The summed E-state index contributed by atoms with van der Waals surface area (Å²) >= 11 is 0. The van der Waals surface area contributed by atoms with Gasteiger partial charge in [0.05, 0.1) is 5.60 Å². The van der Waals surface area contributed by atoms with Gasteiger partial charge in [0.15, 0.2) is 0 Å². The molecule has 0 saturated carbocycles. The Hall–Kier alpha value is -0.120. The standard InChI is InChI=1S/C8H18O3/c1-4-8(5-2,6-3)11-7(9)10/h7,9-10H,4-6H2,1-3H3. The number of aliphatic hydroxyl groups is 2. The number of ether oxygens (including phenoxy) is 1. The highest BCUT2D eigenvalue weighted by molar-refractivity contribution is 4.74. The maximum atomic E-state index is 8.61. The lowest BCUT2D eigenvalue weighted by atomic mass is 9.94. The quantitative estimate of drug-likeness (QED) is 0.598. The van der Waals surface area contributed by atoms with Crippen molar-refractivity contribution >= 4 is 0 Å². The van der Waals surface area contributed by atoms with Crippen molar-refractivity contribution in [2.75, 3.05) is 0 Å². The van der Waals surface area contributed by atoms with Gasteiger partial charge in [0, 0.05) is 0 Å². The summed E-state index contributed by atoms with van der Waals surface area (Å²) in [4.78, 5) is 0. The van der Waals surface area contributed by atoms with Gasteiger partial charge in [0.1, 0.15) is 0 Å². The zero-order valence-electron chi connectivity index (χ0n) is 7.50. The van der Waals surface area contributed by atoms with Crippen LogP contribution >= 0.6 is 0 Å². The van der Waals surface area contributed by atoms with Gasteiger partial charge in [-0.15, -0.1) is 0 Å². The van der Waals surface area contributed by atoms with Crippen molar-refractivity contribution in [1.29, 1.82) is 0 Å². The molecule has 68 valence electrons. The molecule has 0 heterocycles. The fourth-order valence-electron chi connectivity index (χ4n) is 1.22. The van der Waals surface area contributed by atoms with E-state index in [0.717, 1.165) is 19.3 Å². The van der Waals surface area contributed by atoms with E-state index >= 15 is 0 Å². The van der Waals surface area contributed by atoms with Crippen molar-refractivity contribution in [3.05, 3.63) is 0 Å². The van der Waals surface area contributed by atoms with E-state index in [0.29, 0.717) is 0 Å². The van der Waals surface area contributed by atoms with Gasteiger partial charge in [0.25, 0.3) is 6.48 Å². The van der Waals surface area contributed by atoms with Crippen molar-refractivity contribution in [2.45, 2.75) is 52.1 Å². The van der Waals surface area contributed by atoms with Crippen LogP contribution in [0.5, 0.6) is 0 Å². The third-order valence-corrected chi connectivity index (χ3v) is 2.29. The first-order chi connectivity index (χ1) is 5.10. The molecule has 0 unspecified atom stereocenters. The van der Waals surface area contributed by atoms with Crippen LogP contribution in [0.15, 0.2) is 0 Å². The molecule has 0 saturated heterocycles. The molecule has 0 spiro atoms. The van der Waals surface area contributed by atoms with E-state index in [1.54, 1.807) is 0 Å². The molecular formula is C8H18O3. The second kappa shape index (κ2) is 4.70. The molecule has 3 nitrogen and oxygen atoms in total. The zero-order chi connectivity index (χ0) is 8.91. The summed E-state index contributed by atoms with van der Waals surface area (Å²) in [7, 11) is 0. The molecule has 0 atom stereocenters. The van der Waals surface area contributed by atoms with Gasteiger partial charge in [-0.1, -0.05) is 20.8 Å². The maximum Gasteiger partial charge on any atom is 0.267 e. The second-order valence-electron chi connectivity index (χ2n) is 2.69. The van der Waals surface area contributed by atoms with Crippen LogP contribution in [0, 0.1) is 0 Å². The molecule has 0 aliphatic heterocycles. The molecular weight excluding hydrogens is 144 g/mol. The van der Waals surface area contributed by atoms with Gasteiger partial charge >= 0.3 is 0 Å². The van der Waals surface area contributed by atoms with E-state index in [1.165, 1.54) is 0 Å². The number of aliphatic hydroxyl groups excluding tert-OH is 1. The molecule has 0 fully saturated rings. The lowest BCUT2D eigenvalue weighted by molar-refractivity contribution is -0.288. The van der Waals surface area contributed by atoms with E-state index in [-0.39, 0.29) is 5.60 Å². The predicted molar refractivity (Wildman–Crippen MR) is 42.9 cm³/mol. The van der Waals surface area contributed by atoms with Gasteiger partial charge in [-0.25, -0.2) is 0 Å². The molecule has 2 N–H and O–H groups in total. The minimum Gasteiger partial charge on any atom is -0.346 e. The van der Waals surface area contributed by atoms with Gasteiger partial charge in [-0.2, -0.15) is 0 Å². The minimum atomic E-state index is -1.64. The van der Waals surface area contributed by atoms with E-state index in [9.17, 15) is 0 Å². The van der Waals surface area contributed by atoms with Crippen molar-refractivity contribution in [3.8, 4) is 0 Å². The van der Waals surface area contributed by atoms with Crippen molar-refractivity contribution in [2.24, 2.45) is 0 Å². The number of hydrogen-bond acceptors (Lipinski definition) is 3. The first-order valence-corrected chi connectivity index (χ1v) is 4.14. The summed E-state index contributed by atoms with van der Waals surface area (Å²) in [6.07, 6.45) is 2.41. The van der Waals surface area contributed by atoms with E-state index in [2.05, 4.69) is 0 Å². The Balaban J connectivity index is 4.05. The molecule has 11 heavy (non-hydrogen) atoms. The van der Waals surface area contributed by atoms with Gasteiger partial charge in [-0.05, 0) is 19.3 Å². The van der Waals surface area contributed by atoms with E-state index in [4.69, 9.17) is 14.9 Å². The largest absolute Gasteiger partial charge is 0.346 e. The normalized spacial score (nSPS) is 12.5. The molecule has 0 aromatic rings. The van der Waals surface area contributed by atoms with Crippen LogP contribution in [0.4, 0.5) is 0 Å². The Bertz CT molecular complexity index is 89.2. The van der Waals surface area contributed by atoms with Crippen LogP contribution < -0.4 is 0 Å². The highest BCUT2D eigenvalue weighted by Gasteiger charge is 2.26. The average molecular weight is 162 g/mol. The summed E-state index contributed by atoms with van der Waals surface area (Å²) < 4.78 is 5.00. The first kappa shape index (κ1) is 10.9. The van der Waals surface area contributed by atoms with E-state index < -0.39 is 6.48 Å². The summed E-state index contributed by atoms with van der Waals surface area (Å²) in [5.74, 6) is 0. The van der Waals surface area contributed by atoms with Gasteiger partial charge in [0.2, 0.25) is 0 Å². The fourth-order valence-corrected chi connectivity index (χ4v) is 1.22. The molecule has 0 bridgehead atoms. The summed E-state index contributed by atoms with van der Waals surface area (Å²) in [6.45, 7) is 4.30. The van der Waals surface area contributed by atoms with Crippen LogP contribution in [0.25, 0.3) is 0 Å². The molecule has 0 rings (SSSR count). The topological polar surface area (TPSA) is 49.7 Å². The molecule has 0 aliphatic carbocycles. The molecule has 0 aromatic carbocycles. The lowest BCUT2D eigenvalue weighted by Gasteiger charge is -2.31. The molecule has 0 radical (unpaired) electrons. The monoisotopic (exact) mass is 162 g/mol. The smallest absolute Gasteiger partial charge is 0.267 e. The first-order valence-electron chi connectivity index (χ1n) is 4.14. The molecule has 0 aliphatic rings. The Labute approximate surface area is 68.0 Å². The van der Waals surface area contributed by atoms with Crippen LogP contribution in [0.3, 0.4) is 0 Å². The van der Waals surface area contributed by atoms with Crippen molar-refractivity contribution in [3.63, 3.8) is 0 Å². The Morgan fingerprint density at radius 3 is 1.55 bits per heavy atom. The van der Waals surface area contributed by atoms with Crippen molar-refractivity contribution in [1.82, 2.24) is 0 Å². The van der Waals surface area contributed by atoms with E-state index in [1.807, 2.05) is 20.8 Å². The summed E-state index contributed by atoms with van der Waals surface area (Å²) in [5, 5.41) is 17.2. The SMILES string of the molecule is CCC(CC)(CC)OC(O)O. The average Bonchev–Trinajstić information content (AvgIpc) is 2.00. The summed E-state index contributed by atoms with van der Waals surface area (Å²) in [5.41, 5.74) is -0.353. The highest BCUT2D eigenvalue weighted by atomic mass is 16.7. The Morgan fingerprint density at radius 2 is 1.45 bits per heavy atom. The van der Waals surface area contributed by atoms with Gasteiger partial charge in [-0.3, -0.25) is 0 Å². The third kappa shape index (κ3) is 3.18. The number of rotatable bonds is 5. The van der Waals surface area contributed by atoms with Crippen molar-refractivity contribution < 1.29 is 14.9 Å². The summed E-state index contributed by atoms with van der Waals surface area (Å²) in [6, 6.07) is 0.